The van der Waals surface area contributed by atoms with Crippen molar-refractivity contribution >= 4 is 41.3 Å². The van der Waals surface area contributed by atoms with E-state index < -0.39 is 0 Å². The van der Waals surface area contributed by atoms with Crippen LogP contribution in [0, 0.1) is 0 Å². The molecule has 0 aromatic carbocycles. The zero-order valence-corrected chi connectivity index (χ0v) is 18.9. The zero-order chi connectivity index (χ0) is 17.4. The maximum Gasteiger partial charge on any atom is 0.191 e. The number of thiazole rings is 1. The molecule has 0 bridgehead atoms. The molecular formula is C17H32IN5OS. The second kappa shape index (κ2) is 11.3. The van der Waals surface area contributed by atoms with E-state index in [4.69, 9.17) is 9.73 Å². The smallest absolute Gasteiger partial charge is 0.191 e. The monoisotopic (exact) mass is 481 g/mol. The van der Waals surface area contributed by atoms with Gasteiger partial charge < -0.3 is 20.3 Å². The van der Waals surface area contributed by atoms with Gasteiger partial charge in [0.15, 0.2) is 5.96 Å². The number of ether oxygens (including phenoxy) is 1. The Kier molecular flexibility index (Phi) is 10.2. The lowest BCUT2D eigenvalue weighted by Crippen LogP contribution is -2.57. The van der Waals surface area contributed by atoms with Gasteiger partial charge in [0.1, 0.15) is 5.01 Å². The molecule has 6 nitrogen and oxygen atoms in total. The SMILES string of the molecule is CCNC(=NCc1ncc(CC)s1)NCC1(N(C)C)CCOCC1.I. The first-order chi connectivity index (χ1) is 11.6. The van der Waals surface area contributed by atoms with Crippen molar-refractivity contribution in [1.29, 1.82) is 0 Å². The van der Waals surface area contributed by atoms with Gasteiger partial charge in [-0.05, 0) is 40.3 Å². The summed E-state index contributed by atoms with van der Waals surface area (Å²) in [5.41, 5.74) is 0.130. The molecule has 1 saturated heterocycles. The molecule has 0 unspecified atom stereocenters. The molecule has 2 rings (SSSR count). The van der Waals surface area contributed by atoms with Gasteiger partial charge in [-0.25, -0.2) is 9.98 Å². The van der Waals surface area contributed by atoms with E-state index in [1.165, 1.54) is 4.88 Å². The minimum atomic E-state index is 0. The van der Waals surface area contributed by atoms with Crippen molar-refractivity contribution in [3.8, 4) is 0 Å². The number of hydrogen-bond acceptors (Lipinski definition) is 5. The Balaban J connectivity index is 0.00000312. The molecule has 0 atom stereocenters. The first-order valence-electron chi connectivity index (χ1n) is 8.80. The summed E-state index contributed by atoms with van der Waals surface area (Å²) in [4.78, 5) is 12.8. The molecule has 2 heterocycles. The topological polar surface area (TPSA) is 61.8 Å². The summed E-state index contributed by atoms with van der Waals surface area (Å²) in [5, 5.41) is 7.92. The molecule has 25 heavy (non-hydrogen) atoms. The van der Waals surface area contributed by atoms with Gasteiger partial charge in [-0.1, -0.05) is 6.92 Å². The Morgan fingerprint density at radius 3 is 2.60 bits per heavy atom. The number of rotatable bonds is 7. The highest BCUT2D eigenvalue weighted by Crippen LogP contribution is 2.25. The van der Waals surface area contributed by atoms with Crippen molar-refractivity contribution in [2.75, 3.05) is 40.4 Å². The van der Waals surface area contributed by atoms with Crippen molar-refractivity contribution in [3.63, 3.8) is 0 Å². The molecule has 1 fully saturated rings. The number of aliphatic imine (C=N–C) groups is 1. The van der Waals surface area contributed by atoms with Crippen LogP contribution in [0.5, 0.6) is 0 Å². The van der Waals surface area contributed by atoms with Gasteiger partial charge in [-0.2, -0.15) is 0 Å². The predicted molar refractivity (Wildman–Crippen MR) is 116 cm³/mol. The Morgan fingerprint density at radius 2 is 2.04 bits per heavy atom. The van der Waals surface area contributed by atoms with Gasteiger partial charge in [0.25, 0.3) is 0 Å². The van der Waals surface area contributed by atoms with Gasteiger partial charge in [0.2, 0.25) is 0 Å². The molecule has 1 aromatic heterocycles. The number of guanidine groups is 1. The van der Waals surface area contributed by atoms with E-state index >= 15 is 0 Å². The van der Waals surface area contributed by atoms with Crippen LogP contribution >= 0.6 is 35.3 Å². The fourth-order valence-electron chi connectivity index (χ4n) is 2.85. The molecular weight excluding hydrogens is 449 g/mol. The van der Waals surface area contributed by atoms with Crippen molar-refractivity contribution < 1.29 is 4.74 Å². The number of hydrogen-bond donors (Lipinski definition) is 2. The normalized spacial score (nSPS) is 17.2. The van der Waals surface area contributed by atoms with Crippen LogP contribution in [0.2, 0.25) is 0 Å². The van der Waals surface area contributed by atoms with Gasteiger partial charge >= 0.3 is 0 Å². The fourth-order valence-corrected chi connectivity index (χ4v) is 3.64. The molecule has 8 heteroatoms. The van der Waals surface area contributed by atoms with Crippen LogP contribution < -0.4 is 10.6 Å². The van der Waals surface area contributed by atoms with E-state index in [-0.39, 0.29) is 29.5 Å². The van der Waals surface area contributed by atoms with Crippen LogP contribution in [0.1, 0.15) is 36.6 Å². The number of nitrogens with one attached hydrogen (secondary N) is 2. The van der Waals surface area contributed by atoms with Crippen LogP contribution in [0.3, 0.4) is 0 Å². The van der Waals surface area contributed by atoms with Crippen molar-refractivity contribution in [2.45, 2.75) is 45.2 Å². The first kappa shape index (κ1) is 22.6. The fraction of sp³-hybridized carbons (Fsp3) is 0.765. The van der Waals surface area contributed by atoms with Gasteiger partial charge in [-0.15, -0.1) is 35.3 Å². The molecule has 0 spiro atoms. The summed E-state index contributed by atoms with van der Waals surface area (Å²) >= 11 is 1.74. The van der Waals surface area contributed by atoms with E-state index in [9.17, 15) is 0 Å². The lowest BCUT2D eigenvalue weighted by atomic mass is 9.88. The third-order valence-electron chi connectivity index (χ3n) is 4.62. The van der Waals surface area contributed by atoms with Crippen LogP contribution in [0.4, 0.5) is 0 Å². The Hall–Kier alpha value is -0.450. The summed E-state index contributed by atoms with van der Waals surface area (Å²) in [5.74, 6) is 0.860. The molecule has 0 aliphatic carbocycles. The summed E-state index contributed by atoms with van der Waals surface area (Å²) in [6, 6.07) is 0. The van der Waals surface area contributed by atoms with E-state index in [1.807, 2.05) is 6.20 Å². The van der Waals surface area contributed by atoms with Crippen LogP contribution in [0.15, 0.2) is 11.2 Å². The number of aryl methyl sites for hydroxylation is 1. The lowest BCUT2D eigenvalue weighted by Gasteiger charge is -2.43. The summed E-state index contributed by atoms with van der Waals surface area (Å²) in [6.45, 7) is 8.24. The molecule has 1 aliphatic heterocycles. The van der Waals surface area contributed by atoms with E-state index in [2.05, 4.69) is 48.5 Å². The maximum atomic E-state index is 5.54. The van der Waals surface area contributed by atoms with Gasteiger partial charge in [0.05, 0.1) is 6.54 Å². The second-order valence-electron chi connectivity index (χ2n) is 6.35. The third kappa shape index (κ3) is 6.65. The Morgan fingerprint density at radius 1 is 1.32 bits per heavy atom. The van der Waals surface area contributed by atoms with Crippen molar-refractivity contribution in [1.82, 2.24) is 20.5 Å². The average Bonchev–Trinajstić information content (AvgIpc) is 3.06. The number of nitrogens with zero attached hydrogens (tertiary/aromatic N) is 3. The Labute approximate surface area is 172 Å². The molecule has 0 radical (unpaired) electrons. The van der Waals surface area contributed by atoms with Crippen molar-refractivity contribution in [3.05, 3.63) is 16.1 Å². The predicted octanol–water partition coefficient (Wildman–Crippen LogP) is 2.49. The largest absolute Gasteiger partial charge is 0.381 e. The van der Waals surface area contributed by atoms with Crippen LogP contribution in [0.25, 0.3) is 0 Å². The van der Waals surface area contributed by atoms with E-state index in [1.54, 1.807) is 11.3 Å². The minimum absolute atomic E-state index is 0. The molecule has 1 aromatic rings. The van der Waals surface area contributed by atoms with Crippen molar-refractivity contribution in [2.24, 2.45) is 4.99 Å². The summed E-state index contributed by atoms with van der Waals surface area (Å²) in [7, 11) is 4.30. The third-order valence-corrected chi connectivity index (χ3v) is 5.75. The number of aromatic nitrogens is 1. The highest BCUT2D eigenvalue weighted by atomic mass is 127. The van der Waals surface area contributed by atoms with Crippen LogP contribution in [-0.2, 0) is 17.7 Å². The highest BCUT2D eigenvalue weighted by molar-refractivity contribution is 14.0. The first-order valence-corrected chi connectivity index (χ1v) is 9.62. The molecule has 0 saturated carbocycles. The van der Waals surface area contributed by atoms with E-state index in [0.29, 0.717) is 6.54 Å². The summed E-state index contributed by atoms with van der Waals surface area (Å²) in [6.07, 6.45) is 5.07. The molecule has 0 amide bonds. The summed E-state index contributed by atoms with van der Waals surface area (Å²) < 4.78 is 5.54. The highest BCUT2D eigenvalue weighted by Gasteiger charge is 2.34. The number of likely N-dealkylation sites (N-methyl/N-ethyl adjacent to an activating group) is 1. The standard InChI is InChI=1S/C17H31N5OS.HI/c1-5-14-11-19-15(24-14)12-20-16(18-6-2)21-13-17(22(3)4)7-9-23-10-8-17;/h11H,5-10,12-13H2,1-4H3,(H2,18,20,21);1H. The quantitative estimate of drug-likeness (QED) is 0.356. The van der Waals surface area contributed by atoms with Gasteiger partial charge in [-0.3, -0.25) is 0 Å². The molecule has 2 N–H and O–H groups in total. The van der Waals surface area contributed by atoms with Crippen LogP contribution in [-0.4, -0.2) is 61.8 Å². The number of halogens is 1. The molecule has 1 aliphatic rings. The molecule has 144 valence electrons. The van der Waals surface area contributed by atoms with E-state index in [0.717, 1.165) is 56.5 Å². The second-order valence-corrected chi connectivity index (χ2v) is 7.55. The zero-order valence-electron chi connectivity index (χ0n) is 15.8. The Bertz CT molecular complexity index is 529. The lowest BCUT2D eigenvalue weighted by molar-refractivity contribution is -0.00501. The average molecular weight is 481 g/mol. The van der Waals surface area contributed by atoms with Gasteiger partial charge in [0, 0.05) is 42.9 Å². The maximum absolute atomic E-state index is 5.54. The minimum Gasteiger partial charge on any atom is -0.381 e.